The molecular weight excluding hydrogens is 204 g/mol. The Balaban J connectivity index is 2.19. The van der Waals surface area contributed by atoms with Crippen molar-refractivity contribution < 1.29 is 9.47 Å². The Morgan fingerprint density at radius 3 is 2.81 bits per heavy atom. The van der Waals surface area contributed by atoms with Crippen LogP contribution in [0.15, 0.2) is 12.4 Å². The maximum Gasteiger partial charge on any atom is 0.111 e. The van der Waals surface area contributed by atoms with E-state index in [9.17, 15) is 0 Å². The summed E-state index contributed by atoms with van der Waals surface area (Å²) in [6, 6.07) is 0. The van der Waals surface area contributed by atoms with Crippen LogP contribution in [0.2, 0.25) is 0 Å². The molecule has 0 amide bonds. The lowest BCUT2D eigenvalue weighted by molar-refractivity contribution is 0.0679. The summed E-state index contributed by atoms with van der Waals surface area (Å²) in [4.78, 5) is 4.35. The van der Waals surface area contributed by atoms with Crippen LogP contribution in [0.1, 0.15) is 32.0 Å². The highest BCUT2D eigenvalue weighted by Gasteiger charge is 2.05. The molecule has 0 spiro atoms. The van der Waals surface area contributed by atoms with Gasteiger partial charge in [0.25, 0.3) is 0 Å². The Morgan fingerprint density at radius 1 is 1.31 bits per heavy atom. The van der Waals surface area contributed by atoms with Crippen molar-refractivity contribution >= 4 is 0 Å². The minimum Gasteiger partial charge on any atom is -0.382 e. The normalized spacial score (nSPS) is 11.2. The van der Waals surface area contributed by atoms with Crippen LogP contribution < -0.4 is 0 Å². The predicted molar refractivity (Wildman–Crippen MR) is 63.6 cm³/mol. The first kappa shape index (κ1) is 13.2. The number of aromatic nitrogens is 2. The molecule has 0 N–H and O–H groups in total. The summed E-state index contributed by atoms with van der Waals surface area (Å²) in [6.07, 6.45) is 4.91. The molecule has 16 heavy (non-hydrogen) atoms. The molecule has 0 saturated carbocycles. The first-order chi connectivity index (χ1) is 7.75. The molecule has 4 nitrogen and oxygen atoms in total. The van der Waals surface area contributed by atoms with Crippen molar-refractivity contribution in [2.24, 2.45) is 0 Å². The number of hydrogen-bond acceptors (Lipinski definition) is 3. The Morgan fingerprint density at radius 2 is 2.12 bits per heavy atom. The second-order valence-electron chi connectivity index (χ2n) is 4.09. The molecule has 0 aliphatic heterocycles. The van der Waals surface area contributed by atoms with E-state index in [1.165, 1.54) is 0 Å². The maximum absolute atomic E-state index is 5.41. The van der Waals surface area contributed by atoms with Crippen molar-refractivity contribution in [3.05, 3.63) is 18.2 Å². The van der Waals surface area contributed by atoms with Crippen LogP contribution in [0.3, 0.4) is 0 Å². The van der Waals surface area contributed by atoms with Gasteiger partial charge >= 0.3 is 0 Å². The molecule has 1 aromatic rings. The summed E-state index contributed by atoms with van der Waals surface area (Å²) in [7, 11) is 1.68. The summed E-state index contributed by atoms with van der Waals surface area (Å²) in [6.45, 7) is 7.42. The Hall–Kier alpha value is -0.870. The number of rotatable bonds is 8. The average molecular weight is 226 g/mol. The van der Waals surface area contributed by atoms with Gasteiger partial charge in [-0.25, -0.2) is 4.98 Å². The summed E-state index contributed by atoms with van der Waals surface area (Å²) in [5, 5.41) is 0. The zero-order valence-corrected chi connectivity index (χ0v) is 10.5. The van der Waals surface area contributed by atoms with E-state index in [1.807, 2.05) is 12.4 Å². The third-order valence-electron chi connectivity index (χ3n) is 2.38. The summed E-state index contributed by atoms with van der Waals surface area (Å²) in [5.74, 6) is 1.63. The van der Waals surface area contributed by atoms with Crippen molar-refractivity contribution in [2.75, 3.05) is 26.9 Å². The third-order valence-corrected chi connectivity index (χ3v) is 2.38. The molecule has 0 aliphatic carbocycles. The van der Waals surface area contributed by atoms with Crippen molar-refractivity contribution in [1.29, 1.82) is 0 Å². The average Bonchev–Trinajstić information content (AvgIpc) is 2.71. The fraction of sp³-hybridized carbons (Fsp3) is 0.750. The van der Waals surface area contributed by atoms with Crippen LogP contribution in [0.25, 0.3) is 0 Å². The Bertz CT molecular complexity index is 284. The molecule has 1 heterocycles. The van der Waals surface area contributed by atoms with Gasteiger partial charge in [-0.2, -0.15) is 0 Å². The molecule has 92 valence electrons. The lowest BCUT2D eigenvalue weighted by Crippen LogP contribution is -2.08. The van der Waals surface area contributed by atoms with Crippen molar-refractivity contribution in [3.8, 4) is 0 Å². The second-order valence-corrected chi connectivity index (χ2v) is 4.09. The minimum atomic E-state index is 0.476. The molecule has 0 bridgehead atoms. The molecule has 1 rings (SSSR count). The van der Waals surface area contributed by atoms with E-state index in [1.54, 1.807) is 7.11 Å². The summed E-state index contributed by atoms with van der Waals surface area (Å²) in [5.41, 5.74) is 0. The Labute approximate surface area is 97.6 Å². The number of aryl methyl sites for hydroxylation is 1. The Kier molecular flexibility index (Phi) is 6.11. The fourth-order valence-electron chi connectivity index (χ4n) is 1.59. The number of ether oxygens (including phenoxy) is 2. The van der Waals surface area contributed by atoms with Gasteiger partial charge in [-0.05, 0) is 6.42 Å². The largest absolute Gasteiger partial charge is 0.382 e. The summed E-state index contributed by atoms with van der Waals surface area (Å²) >= 11 is 0. The van der Waals surface area contributed by atoms with E-state index in [0.29, 0.717) is 19.1 Å². The van der Waals surface area contributed by atoms with Gasteiger partial charge in [0.15, 0.2) is 0 Å². The number of imidazole rings is 1. The van der Waals surface area contributed by atoms with Gasteiger partial charge in [-0.3, -0.25) is 0 Å². The molecule has 4 heteroatoms. The van der Waals surface area contributed by atoms with E-state index in [-0.39, 0.29) is 0 Å². The van der Waals surface area contributed by atoms with Gasteiger partial charge in [0.2, 0.25) is 0 Å². The van der Waals surface area contributed by atoms with Gasteiger partial charge in [0.1, 0.15) is 5.82 Å². The molecule has 0 radical (unpaired) electrons. The SMILES string of the molecule is COCCOCCCn1ccnc1C(C)C. The molecule has 0 aliphatic rings. The minimum absolute atomic E-state index is 0.476. The molecule has 1 aromatic heterocycles. The number of methoxy groups -OCH3 is 1. The van der Waals surface area contributed by atoms with Crippen LogP contribution in [0, 0.1) is 0 Å². The first-order valence-electron chi connectivity index (χ1n) is 5.83. The van der Waals surface area contributed by atoms with Crippen molar-refractivity contribution in [1.82, 2.24) is 9.55 Å². The molecule has 0 unspecified atom stereocenters. The predicted octanol–water partition coefficient (Wildman–Crippen LogP) is 2.06. The van der Waals surface area contributed by atoms with Gasteiger partial charge < -0.3 is 14.0 Å². The molecule has 0 atom stereocenters. The van der Waals surface area contributed by atoms with Crippen LogP contribution in [0.5, 0.6) is 0 Å². The number of hydrogen-bond donors (Lipinski definition) is 0. The monoisotopic (exact) mass is 226 g/mol. The highest BCUT2D eigenvalue weighted by atomic mass is 16.5. The van der Waals surface area contributed by atoms with E-state index >= 15 is 0 Å². The van der Waals surface area contributed by atoms with Crippen molar-refractivity contribution in [2.45, 2.75) is 32.7 Å². The highest BCUT2D eigenvalue weighted by molar-refractivity contribution is 4.97. The van der Waals surface area contributed by atoms with Crippen molar-refractivity contribution in [3.63, 3.8) is 0 Å². The lowest BCUT2D eigenvalue weighted by Gasteiger charge is -2.10. The van der Waals surface area contributed by atoms with E-state index in [2.05, 4.69) is 23.4 Å². The molecule has 0 fully saturated rings. The van der Waals surface area contributed by atoms with E-state index in [4.69, 9.17) is 9.47 Å². The van der Waals surface area contributed by atoms with Gasteiger partial charge in [-0.15, -0.1) is 0 Å². The second kappa shape index (κ2) is 7.41. The zero-order valence-electron chi connectivity index (χ0n) is 10.5. The lowest BCUT2D eigenvalue weighted by atomic mass is 10.2. The zero-order chi connectivity index (χ0) is 11.8. The highest BCUT2D eigenvalue weighted by Crippen LogP contribution is 2.11. The van der Waals surface area contributed by atoms with Crippen LogP contribution in [0.4, 0.5) is 0 Å². The maximum atomic E-state index is 5.41. The molecular formula is C12H22N2O2. The standard InChI is InChI=1S/C12H22N2O2/c1-11(2)12-13-5-7-14(12)6-4-8-16-10-9-15-3/h5,7,11H,4,6,8-10H2,1-3H3. The smallest absolute Gasteiger partial charge is 0.111 e. The summed E-state index contributed by atoms with van der Waals surface area (Å²) < 4.78 is 12.5. The third kappa shape index (κ3) is 4.33. The van der Waals surface area contributed by atoms with Gasteiger partial charge in [-0.1, -0.05) is 13.8 Å². The van der Waals surface area contributed by atoms with Crippen LogP contribution >= 0.6 is 0 Å². The van der Waals surface area contributed by atoms with Gasteiger partial charge in [0, 0.05) is 38.6 Å². The molecule has 0 aromatic carbocycles. The van der Waals surface area contributed by atoms with E-state index < -0.39 is 0 Å². The first-order valence-corrected chi connectivity index (χ1v) is 5.83. The topological polar surface area (TPSA) is 36.3 Å². The van der Waals surface area contributed by atoms with Crippen LogP contribution in [-0.2, 0) is 16.0 Å². The van der Waals surface area contributed by atoms with E-state index in [0.717, 1.165) is 25.4 Å². The number of nitrogens with zero attached hydrogens (tertiary/aromatic N) is 2. The quantitative estimate of drug-likeness (QED) is 0.637. The van der Waals surface area contributed by atoms with Gasteiger partial charge in [0.05, 0.1) is 13.2 Å². The fourth-order valence-corrected chi connectivity index (χ4v) is 1.59. The molecule has 0 saturated heterocycles. The van der Waals surface area contributed by atoms with Crippen LogP contribution in [-0.4, -0.2) is 36.5 Å².